The van der Waals surface area contributed by atoms with Gasteiger partial charge in [-0.3, -0.25) is 9.48 Å². The van der Waals surface area contributed by atoms with Crippen LogP contribution >= 0.6 is 0 Å². The molecule has 0 spiro atoms. The van der Waals surface area contributed by atoms with Gasteiger partial charge in [-0.2, -0.15) is 10.1 Å². The van der Waals surface area contributed by atoms with E-state index in [1.165, 1.54) is 17.1 Å². The van der Waals surface area contributed by atoms with Crippen molar-refractivity contribution in [3.63, 3.8) is 0 Å². The summed E-state index contributed by atoms with van der Waals surface area (Å²) in [4.78, 5) is 22.6. The Morgan fingerprint density at radius 2 is 1.79 bits per heavy atom. The first-order chi connectivity index (χ1) is 18.2. The summed E-state index contributed by atoms with van der Waals surface area (Å²) in [6, 6.07) is 14.9. The van der Waals surface area contributed by atoms with Crippen LogP contribution in [0.25, 0.3) is 11.3 Å². The molecule has 1 aliphatic heterocycles. The first-order valence-electron chi connectivity index (χ1n) is 11.9. The number of amides is 1. The summed E-state index contributed by atoms with van der Waals surface area (Å²) in [5.74, 6) is 0.534. The molecule has 0 aliphatic carbocycles. The van der Waals surface area contributed by atoms with Gasteiger partial charge in [-0.25, -0.2) is 18.1 Å². The van der Waals surface area contributed by atoms with Gasteiger partial charge in [0.1, 0.15) is 10.6 Å². The zero-order valence-electron chi connectivity index (χ0n) is 21.2. The number of sulfonamides is 1. The number of anilines is 2. The maximum atomic E-state index is 13.0. The van der Waals surface area contributed by atoms with Crippen LogP contribution in [0, 0.1) is 13.8 Å². The van der Waals surface area contributed by atoms with Crippen molar-refractivity contribution in [3.05, 3.63) is 72.1 Å². The van der Waals surface area contributed by atoms with Gasteiger partial charge in [-0.15, -0.1) is 0 Å². The van der Waals surface area contributed by atoms with Gasteiger partial charge in [0.2, 0.25) is 17.7 Å². The quantitative estimate of drug-likeness (QED) is 0.371. The molecular formula is C26H27N7O4S. The Kier molecular flexibility index (Phi) is 6.72. The molecule has 1 fully saturated rings. The minimum atomic E-state index is -3.98. The number of aryl methyl sites for hydroxylation is 3. The molecule has 0 radical (unpaired) electrons. The molecule has 38 heavy (non-hydrogen) atoms. The van der Waals surface area contributed by atoms with Gasteiger partial charge >= 0.3 is 0 Å². The van der Waals surface area contributed by atoms with Crippen LogP contribution in [0.15, 0.2) is 65.8 Å². The van der Waals surface area contributed by atoms with E-state index in [1.807, 2.05) is 49.1 Å². The van der Waals surface area contributed by atoms with E-state index in [2.05, 4.69) is 25.1 Å². The van der Waals surface area contributed by atoms with Crippen LogP contribution in [0.1, 0.15) is 11.1 Å². The van der Waals surface area contributed by atoms with E-state index in [-0.39, 0.29) is 22.6 Å². The third-order valence-corrected chi connectivity index (χ3v) is 7.40. The highest BCUT2D eigenvalue weighted by atomic mass is 32.2. The standard InChI is InChI=1S/C26H27N7O4S/c1-17-5-4-6-18(2)25(17)22-13-24(30-26(29-22)31-38(35,36)21-14-28-32(3)15-21)37-20-9-7-19(8-10-20)33-12-11-27-23(34)16-33/h4-10,13-15H,11-12,16H2,1-3H3,(H,27,34)(H,29,30,31). The van der Waals surface area contributed by atoms with Gasteiger partial charge < -0.3 is 15.0 Å². The zero-order chi connectivity index (χ0) is 26.9. The predicted molar refractivity (Wildman–Crippen MR) is 143 cm³/mol. The van der Waals surface area contributed by atoms with E-state index >= 15 is 0 Å². The van der Waals surface area contributed by atoms with Gasteiger partial charge in [-0.05, 0) is 49.2 Å². The number of piperazine rings is 1. The van der Waals surface area contributed by atoms with Crippen molar-refractivity contribution in [1.29, 1.82) is 0 Å². The highest BCUT2D eigenvalue weighted by molar-refractivity contribution is 7.92. The number of carbonyl (C=O) groups is 1. The van der Waals surface area contributed by atoms with E-state index in [1.54, 1.807) is 25.2 Å². The fourth-order valence-electron chi connectivity index (χ4n) is 4.29. The monoisotopic (exact) mass is 533 g/mol. The molecule has 196 valence electrons. The Hall–Kier alpha value is -4.45. The lowest BCUT2D eigenvalue weighted by atomic mass is 10.00. The van der Waals surface area contributed by atoms with Crippen LogP contribution in [-0.4, -0.2) is 53.7 Å². The lowest BCUT2D eigenvalue weighted by Crippen LogP contribution is -2.47. The van der Waals surface area contributed by atoms with Gasteiger partial charge in [-0.1, -0.05) is 18.2 Å². The Balaban J connectivity index is 1.48. The number of rotatable bonds is 7. The predicted octanol–water partition coefficient (Wildman–Crippen LogP) is 3.02. The second-order valence-corrected chi connectivity index (χ2v) is 10.7. The van der Waals surface area contributed by atoms with Gasteiger partial charge in [0.05, 0.1) is 18.4 Å². The summed E-state index contributed by atoms with van der Waals surface area (Å²) in [5.41, 5.74) is 4.23. The molecule has 1 saturated heterocycles. The number of hydrogen-bond acceptors (Lipinski definition) is 8. The molecule has 3 heterocycles. The van der Waals surface area contributed by atoms with E-state index < -0.39 is 10.0 Å². The molecule has 0 saturated carbocycles. The molecule has 2 aromatic heterocycles. The molecule has 1 amide bonds. The Morgan fingerprint density at radius 3 is 2.45 bits per heavy atom. The molecular weight excluding hydrogens is 506 g/mol. The van der Waals surface area contributed by atoms with Gasteiger partial charge in [0.25, 0.3) is 10.0 Å². The highest BCUT2D eigenvalue weighted by Crippen LogP contribution is 2.31. The van der Waals surface area contributed by atoms with Crippen molar-refractivity contribution in [1.82, 2.24) is 25.1 Å². The summed E-state index contributed by atoms with van der Waals surface area (Å²) >= 11 is 0. The minimum Gasteiger partial charge on any atom is -0.439 e. The molecule has 5 rings (SSSR count). The zero-order valence-corrected chi connectivity index (χ0v) is 22.0. The van der Waals surface area contributed by atoms with Crippen LogP contribution < -0.4 is 19.7 Å². The topological polar surface area (TPSA) is 131 Å². The van der Waals surface area contributed by atoms with Gasteiger partial charge in [0.15, 0.2) is 0 Å². The van der Waals surface area contributed by atoms with Crippen LogP contribution in [0.2, 0.25) is 0 Å². The fourth-order valence-corrected chi connectivity index (χ4v) is 5.22. The molecule has 4 aromatic rings. The number of nitrogens with one attached hydrogen (secondary N) is 2. The second-order valence-electron chi connectivity index (χ2n) is 9.00. The maximum absolute atomic E-state index is 13.0. The molecule has 2 N–H and O–H groups in total. The SMILES string of the molecule is Cc1cccc(C)c1-c1cc(Oc2ccc(N3CCNC(=O)C3)cc2)nc(NS(=O)(=O)c2cnn(C)c2)n1. The van der Waals surface area contributed by atoms with Crippen molar-refractivity contribution in [2.45, 2.75) is 18.7 Å². The number of hydrogen-bond donors (Lipinski definition) is 2. The van der Waals surface area contributed by atoms with Crippen LogP contribution in [0.3, 0.4) is 0 Å². The lowest BCUT2D eigenvalue weighted by molar-refractivity contribution is -0.120. The minimum absolute atomic E-state index is 0.00877. The highest BCUT2D eigenvalue weighted by Gasteiger charge is 2.21. The van der Waals surface area contributed by atoms with Crippen LogP contribution in [0.4, 0.5) is 11.6 Å². The summed E-state index contributed by atoms with van der Waals surface area (Å²) in [5, 5.41) is 6.75. The molecule has 0 unspecified atom stereocenters. The number of carbonyl (C=O) groups excluding carboxylic acids is 1. The Bertz CT molecular complexity index is 1580. The molecule has 1 aliphatic rings. The van der Waals surface area contributed by atoms with Crippen molar-refractivity contribution in [2.24, 2.45) is 7.05 Å². The number of aromatic nitrogens is 4. The fraction of sp³-hybridized carbons (Fsp3) is 0.231. The third-order valence-electron chi connectivity index (χ3n) is 6.12. The third kappa shape index (κ3) is 5.44. The first-order valence-corrected chi connectivity index (χ1v) is 13.4. The summed E-state index contributed by atoms with van der Waals surface area (Å²) < 4.78 is 35.8. The lowest BCUT2D eigenvalue weighted by Gasteiger charge is -2.28. The Labute approximate surface area is 220 Å². The van der Waals surface area contributed by atoms with Crippen LogP contribution in [-0.2, 0) is 21.9 Å². The average molecular weight is 534 g/mol. The van der Waals surface area contributed by atoms with Crippen molar-refractivity contribution in [3.8, 4) is 22.9 Å². The van der Waals surface area contributed by atoms with E-state index in [0.717, 1.165) is 28.9 Å². The average Bonchev–Trinajstić information content (AvgIpc) is 3.31. The van der Waals surface area contributed by atoms with Crippen molar-refractivity contribution < 1.29 is 17.9 Å². The smallest absolute Gasteiger partial charge is 0.267 e. The molecule has 11 nitrogen and oxygen atoms in total. The number of nitrogens with zero attached hydrogens (tertiary/aromatic N) is 5. The number of ether oxygens (including phenoxy) is 1. The largest absolute Gasteiger partial charge is 0.439 e. The van der Waals surface area contributed by atoms with Gasteiger partial charge in [0, 0.05) is 43.7 Å². The summed E-state index contributed by atoms with van der Waals surface area (Å²) in [7, 11) is -2.34. The molecule has 0 atom stereocenters. The van der Waals surface area contributed by atoms with E-state index in [9.17, 15) is 13.2 Å². The molecule has 12 heteroatoms. The summed E-state index contributed by atoms with van der Waals surface area (Å²) in [6.45, 7) is 5.54. The van der Waals surface area contributed by atoms with Crippen molar-refractivity contribution >= 4 is 27.6 Å². The normalized spacial score (nSPS) is 13.8. The first kappa shape index (κ1) is 25.2. The molecule has 2 aromatic carbocycles. The van der Waals surface area contributed by atoms with Crippen LogP contribution in [0.5, 0.6) is 11.6 Å². The Morgan fingerprint density at radius 1 is 1.05 bits per heavy atom. The maximum Gasteiger partial charge on any atom is 0.267 e. The van der Waals surface area contributed by atoms with E-state index in [0.29, 0.717) is 24.5 Å². The number of benzene rings is 2. The summed E-state index contributed by atoms with van der Waals surface area (Å²) in [6.07, 6.45) is 2.64. The second kappa shape index (κ2) is 10.1. The molecule has 0 bridgehead atoms. The van der Waals surface area contributed by atoms with Crippen molar-refractivity contribution in [2.75, 3.05) is 29.3 Å². The van der Waals surface area contributed by atoms with E-state index in [4.69, 9.17) is 4.74 Å².